The fraction of sp³-hybridized carbons (Fsp3) is 0.737. The number of piperidine rings is 1. The number of aromatic nitrogens is 4. The van der Waals surface area contributed by atoms with Crippen LogP contribution in [0.4, 0.5) is 0 Å². The van der Waals surface area contributed by atoms with Crippen molar-refractivity contribution in [3.8, 4) is 0 Å². The van der Waals surface area contributed by atoms with Crippen LogP contribution in [0, 0.1) is 5.92 Å². The third kappa shape index (κ3) is 3.06. The van der Waals surface area contributed by atoms with Crippen LogP contribution in [0.25, 0.3) is 5.65 Å². The van der Waals surface area contributed by atoms with E-state index in [1.54, 1.807) is 0 Å². The average molecular weight is 341 g/mol. The van der Waals surface area contributed by atoms with Crippen LogP contribution in [0.3, 0.4) is 0 Å². The Balaban J connectivity index is 1.27. The summed E-state index contributed by atoms with van der Waals surface area (Å²) in [6.07, 6.45) is 8.34. The zero-order valence-electron chi connectivity index (χ0n) is 14.9. The van der Waals surface area contributed by atoms with Gasteiger partial charge in [0.2, 0.25) is 0 Å². The zero-order chi connectivity index (χ0) is 16.6. The Morgan fingerprint density at radius 2 is 2.00 bits per heavy atom. The van der Waals surface area contributed by atoms with E-state index in [-0.39, 0.29) is 0 Å². The summed E-state index contributed by atoms with van der Waals surface area (Å²) in [5.41, 5.74) is 3.55. The predicted molar refractivity (Wildman–Crippen MR) is 94.8 cm³/mol. The molecular formula is C19H27N5O. The molecule has 2 saturated heterocycles. The van der Waals surface area contributed by atoms with E-state index in [2.05, 4.69) is 21.2 Å². The van der Waals surface area contributed by atoms with Crippen molar-refractivity contribution >= 4 is 5.65 Å². The van der Waals surface area contributed by atoms with Crippen molar-refractivity contribution in [2.45, 2.75) is 50.9 Å². The lowest BCUT2D eigenvalue weighted by molar-refractivity contribution is 0.0344. The fourth-order valence-electron chi connectivity index (χ4n) is 4.74. The first-order valence-electron chi connectivity index (χ1n) is 9.91. The largest absolute Gasteiger partial charge is 0.381 e. The van der Waals surface area contributed by atoms with Gasteiger partial charge in [0.1, 0.15) is 0 Å². The molecule has 5 rings (SSSR count). The Morgan fingerprint density at radius 3 is 2.84 bits per heavy atom. The summed E-state index contributed by atoms with van der Waals surface area (Å²) in [4.78, 5) is 2.62. The molecular weight excluding hydrogens is 314 g/mol. The summed E-state index contributed by atoms with van der Waals surface area (Å²) >= 11 is 0. The molecule has 0 saturated carbocycles. The minimum Gasteiger partial charge on any atom is -0.381 e. The van der Waals surface area contributed by atoms with Gasteiger partial charge in [0.05, 0.1) is 12.3 Å². The molecule has 0 aromatic carbocycles. The van der Waals surface area contributed by atoms with Gasteiger partial charge in [0.15, 0.2) is 11.5 Å². The molecule has 25 heavy (non-hydrogen) atoms. The maximum atomic E-state index is 5.63. The van der Waals surface area contributed by atoms with Crippen molar-refractivity contribution in [1.29, 1.82) is 0 Å². The molecule has 1 atom stereocenters. The third-order valence-corrected chi connectivity index (χ3v) is 6.17. The molecule has 2 aromatic rings. The monoisotopic (exact) mass is 341 g/mol. The summed E-state index contributed by atoms with van der Waals surface area (Å²) in [5.74, 6) is 2.29. The Labute approximate surface area is 148 Å². The molecule has 3 aliphatic rings. The maximum Gasteiger partial charge on any atom is 0.178 e. The summed E-state index contributed by atoms with van der Waals surface area (Å²) in [7, 11) is 0. The van der Waals surface area contributed by atoms with E-state index in [1.807, 2.05) is 4.52 Å². The molecule has 0 spiro atoms. The zero-order valence-corrected chi connectivity index (χ0v) is 14.9. The second-order valence-electron chi connectivity index (χ2n) is 7.96. The fourth-order valence-corrected chi connectivity index (χ4v) is 4.74. The van der Waals surface area contributed by atoms with Gasteiger partial charge in [-0.15, -0.1) is 10.2 Å². The van der Waals surface area contributed by atoms with E-state index in [0.29, 0.717) is 5.92 Å². The number of aryl methyl sites for hydroxylation is 2. The minimum atomic E-state index is 0.487. The lowest BCUT2D eigenvalue weighted by Crippen LogP contribution is -2.39. The van der Waals surface area contributed by atoms with E-state index in [0.717, 1.165) is 69.4 Å². The number of fused-ring (bicyclic) bond motifs is 2. The highest BCUT2D eigenvalue weighted by atomic mass is 16.5. The molecule has 2 aliphatic heterocycles. The van der Waals surface area contributed by atoms with Crippen molar-refractivity contribution in [2.75, 3.05) is 32.8 Å². The van der Waals surface area contributed by atoms with E-state index in [9.17, 15) is 0 Å². The summed E-state index contributed by atoms with van der Waals surface area (Å²) < 4.78 is 7.66. The van der Waals surface area contributed by atoms with Crippen molar-refractivity contribution in [3.63, 3.8) is 0 Å². The molecule has 2 aromatic heterocycles. The van der Waals surface area contributed by atoms with Gasteiger partial charge in [0, 0.05) is 19.1 Å². The van der Waals surface area contributed by atoms with Gasteiger partial charge in [0.25, 0.3) is 0 Å². The lowest BCUT2D eigenvalue weighted by Gasteiger charge is -2.34. The molecule has 2 fully saturated rings. The van der Waals surface area contributed by atoms with E-state index < -0.39 is 0 Å². The summed E-state index contributed by atoms with van der Waals surface area (Å²) in [6, 6.07) is 2.20. The van der Waals surface area contributed by atoms with E-state index in [4.69, 9.17) is 9.84 Å². The number of hydrogen-bond acceptors (Lipinski definition) is 5. The molecule has 0 radical (unpaired) electrons. The Morgan fingerprint density at radius 1 is 1.08 bits per heavy atom. The van der Waals surface area contributed by atoms with Gasteiger partial charge in [-0.05, 0) is 75.6 Å². The SMILES string of the molecule is c1c2c(nn3c(C4CCN(CC5CCCOC5)CC4)nnc13)CCC2. The number of ether oxygens (including phenoxy) is 1. The first kappa shape index (κ1) is 15.7. The van der Waals surface area contributed by atoms with Gasteiger partial charge in [-0.1, -0.05) is 0 Å². The normalized spacial score (nSPS) is 25.5. The molecule has 6 heteroatoms. The quantitative estimate of drug-likeness (QED) is 0.857. The number of nitrogens with zero attached hydrogens (tertiary/aromatic N) is 5. The second kappa shape index (κ2) is 6.65. The average Bonchev–Trinajstić information content (AvgIpc) is 3.27. The molecule has 0 N–H and O–H groups in total. The molecule has 0 amide bonds. The topological polar surface area (TPSA) is 55.5 Å². The maximum absolute atomic E-state index is 5.63. The van der Waals surface area contributed by atoms with Gasteiger partial charge in [-0.25, -0.2) is 0 Å². The van der Waals surface area contributed by atoms with Crippen LogP contribution in [0.1, 0.15) is 55.1 Å². The molecule has 6 nitrogen and oxygen atoms in total. The lowest BCUT2D eigenvalue weighted by atomic mass is 9.94. The van der Waals surface area contributed by atoms with Crippen molar-refractivity contribution in [1.82, 2.24) is 24.7 Å². The summed E-state index contributed by atoms with van der Waals surface area (Å²) in [5, 5.41) is 13.8. The molecule has 1 aliphatic carbocycles. The van der Waals surface area contributed by atoms with Crippen LogP contribution in [0.5, 0.6) is 0 Å². The smallest absolute Gasteiger partial charge is 0.178 e. The summed E-state index contributed by atoms with van der Waals surface area (Å²) in [6.45, 7) is 5.40. The van der Waals surface area contributed by atoms with E-state index in [1.165, 1.54) is 37.1 Å². The highest BCUT2D eigenvalue weighted by Gasteiger charge is 2.27. The molecule has 1 unspecified atom stereocenters. The van der Waals surface area contributed by atoms with Crippen molar-refractivity contribution in [2.24, 2.45) is 5.92 Å². The first-order chi connectivity index (χ1) is 12.4. The van der Waals surface area contributed by atoms with Crippen LogP contribution >= 0.6 is 0 Å². The standard InChI is InChI=1S/C19H27N5O/c1-4-16-11-18-20-21-19(24(18)22-17(16)5-1)15-6-8-23(9-7-15)12-14-3-2-10-25-13-14/h11,14-15H,1-10,12-13H2. The highest BCUT2D eigenvalue weighted by molar-refractivity contribution is 5.43. The highest BCUT2D eigenvalue weighted by Crippen LogP contribution is 2.29. The number of hydrogen-bond donors (Lipinski definition) is 0. The minimum absolute atomic E-state index is 0.487. The van der Waals surface area contributed by atoms with Crippen LogP contribution in [-0.2, 0) is 17.6 Å². The van der Waals surface area contributed by atoms with E-state index >= 15 is 0 Å². The molecule has 0 bridgehead atoms. The van der Waals surface area contributed by atoms with Crippen LogP contribution in [0.2, 0.25) is 0 Å². The Kier molecular flexibility index (Phi) is 4.18. The second-order valence-corrected chi connectivity index (χ2v) is 7.96. The van der Waals surface area contributed by atoms with Crippen LogP contribution in [-0.4, -0.2) is 57.6 Å². The van der Waals surface area contributed by atoms with Crippen molar-refractivity contribution in [3.05, 3.63) is 23.1 Å². The molecule has 4 heterocycles. The van der Waals surface area contributed by atoms with Gasteiger partial charge in [-0.3, -0.25) is 0 Å². The van der Waals surface area contributed by atoms with Crippen molar-refractivity contribution < 1.29 is 4.74 Å². The first-order valence-corrected chi connectivity index (χ1v) is 9.91. The number of rotatable bonds is 3. The van der Waals surface area contributed by atoms with Crippen LogP contribution in [0.15, 0.2) is 6.07 Å². The Bertz CT molecular complexity index is 744. The molecule has 134 valence electrons. The van der Waals surface area contributed by atoms with Gasteiger partial charge >= 0.3 is 0 Å². The third-order valence-electron chi connectivity index (χ3n) is 6.17. The van der Waals surface area contributed by atoms with Crippen LogP contribution < -0.4 is 0 Å². The van der Waals surface area contributed by atoms with Gasteiger partial charge in [-0.2, -0.15) is 9.61 Å². The number of likely N-dealkylation sites (tertiary alicyclic amines) is 1. The Hall–Kier alpha value is -1.53. The predicted octanol–water partition coefficient (Wildman–Crippen LogP) is 2.22. The van der Waals surface area contributed by atoms with Gasteiger partial charge < -0.3 is 9.64 Å².